The molecule has 0 radical (unpaired) electrons. The highest BCUT2D eigenvalue weighted by Gasteiger charge is 2.21. The Morgan fingerprint density at radius 1 is 1.50 bits per heavy atom. The van der Waals surface area contributed by atoms with Crippen LogP contribution in [0.5, 0.6) is 0 Å². The number of hydrogen-bond acceptors (Lipinski definition) is 2. The van der Waals surface area contributed by atoms with Crippen LogP contribution in [-0.2, 0) is 0 Å². The molecule has 1 saturated heterocycles. The van der Waals surface area contributed by atoms with Crippen molar-refractivity contribution in [3.8, 4) is 0 Å². The molecule has 0 aromatic heterocycles. The molecule has 0 amide bonds. The van der Waals surface area contributed by atoms with E-state index in [1.165, 1.54) is 0 Å². The van der Waals surface area contributed by atoms with Crippen LogP contribution >= 0.6 is 0 Å². The molecule has 0 aromatic rings. The second kappa shape index (κ2) is 2.89. The highest BCUT2D eigenvalue weighted by Crippen LogP contribution is 2.12. The zero-order valence-corrected chi connectivity index (χ0v) is 6.94. The van der Waals surface area contributed by atoms with Crippen molar-refractivity contribution in [1.29, 1.82) is 0 Å². The molecule has 10 heavy (non-hydrogen) atoms. The van der Waals surface area contributed by atoms with Gasteiger partial charge in [-0.3, -0.25) is 4.90 Å². The average molecular weight is 145 g/mol. The Bertz CT molecular complexity index is 188. The van der Waals surface area contributed by atoms with Gasteiger partial charge in [0.05, 0.1) is 0 Å². The van der Waals surface area contributed by atoms with Gasteiger partial charge in [-0.25, -0.2) is 0 Å². The van der Waals surface area contributed by atoms with Crippen LogP contribution in [0.1, 0.15) is 24.9 Å². The SMILES string of the molecule is [2H]C1N(C(C)(C)C)CCNC1([2H])[2H]. The van der Waals surface area contributed by atoms with E-state index >= 15 is 0 Å². The summed E-state index contributed by atoms with van der Waals surface area (Å²) >= 11 is 0. The van der Waals surface area contributed by atoms with E-state index in [4.69, 9.17) is 4.11 Å². The van der Waals surface area contributed by atoms with Crippen molar-refractivity contribution in [2.24, 2.45) is 0 Å². The lowest BCUT2D eigenvalue weighted by molar-refractivity contribution is 0.119. The fourth-order valence-corrected chi connectivity index (χ4v) is 0.966. The first-order valence-corrected chi connectivity index (χ1v) is 3.69. The summed E-state index contributed by atoms with van der Waals surface area (Å²) < 4.78 is 22.9. The second-order valence-corrected chi connectivity index (χ2v) is 3.56. The molecular formula is C8H18N2. The minimum absolute atomic E-state index is 0.137. The van der Waals surface area contributed by atoms with E-state index in [0.717, 1.165) is 6.54 Å². The molecule has 0 bridgehead atoms. The largest absolute Gasteiger partial charge is 0.314 e. The minimum Gasteiger partial charge on any atom is -0.314 e. The van der Waals surface area contributed by atoms with Gasteiger partial charge in [0.25, 0.3) is 0 Å². The predicted molar refractivity (Wildman–Crippen MR) is 44.2 cm³/mol. The summed E-state index contributed by atoms with van der Waals surface area (Å²) in [5, 5.41) is 2.71. The molecule has 1 aliphatic rings. The third kappa shape index (κ3) is 1.96. The van der Waals surface area contributed by atoms with Crippen LogP contribution < -0.4 is 5.32 Å². The number of nitrogens with zero attached hydrogens (tertiary/aromatic N) is 1. The lowest BCUT2D eigenvalue weighted by Gasteiger charge is -2.38. The summed E-state index contributed by atoms with van der Waals surface area (Å²) in [7, 11) is 0. The number of rotatable bonds is 0. The summed E-state index contributed by atoms with van der Waals surface area (Å²) in [4.78, 5) is 1.88. The van der Waals surface area contributed by atoms with E-state index < -0.39 is 13.0 Å². The van der Waals surface area contributed by atoms with Crippen molar-refractivity contribution in [2.75, 3.05) is 26.1 Å². The first-order chi connectivity index (χ1) is 5.75. The Morgan fingerprint density at radius 3 is 2.70 bits per heavy atom. The Balaban J connectivity index is 2.77. The van der Waals surface area contributed by atoms with E-state index in [-0.39, 0.29) is 5.54 Å². The van der Waals surface area contributed by atoms with Gasteiger partial charge < -0.3 is 5.32 Å². The highest BCUT2D eigenvalue weighted by molar-refractivity contribution is 4.79. The van der Waals surface area contributed by atoms with Gasteiger partial charge in [-0.05, 0) is 20.8 Å². The van der Waals surface area contributed by atoms with E-state index in [1.807, 2.05) is 25.7 Å². The molecule has 1 N–H and O–H groups in total. The fraction of sp³-hybridized carbons (Fsp3) is 1.00. The number of piperazine rings is 1. The van der Waals surface area contributed by atoms with E-state index in [2.05, 4.69) is 5.32 Å². The average Bonchev–Trinajstić information content (AvgIpc) is 1.92. The molecule has 1 aliphatic heterocycles. The zero-order chi connectivity index (χ0) is 10.3. The van der Waals surface area contributed by atoms with Crippen LogP contribution in [-0.4, -0.2) is 36.5 Å². The third-order valence-corrected chi connectivity index (χ3v) is 1.66. The maximum absolute atomic E-state index is 7.78. The summed E-state index contributed by atoms with van der Waals surface area (Å²) in [5.74, 6) is 0. The van der Waals surface area contributed by atoms with Gasteiger partial charge >= 0.3 is 0 Å². The first kappa shape index (κ1) is 4.73. The van der Waals surface area contributed by atoms with E-state index in [0.29, 0.717) is 6.54 Å². The Labute approximate surface area is 67.8 Å². The van der Waals surface area contributed by atoms with Crippen molar-refractivity contribution in [3.05, 3.63) is 0 Å². The topological polar surface area (TPSA) is 15.3 Å². The molecule has 2 heteroatoms. The quantitative estimate of drug-likeness (QED) is 0.539. The third-order valence-electron chi connectivity index (χ3n) is 1.66. The van der Waals surface area contributed by atoms with Gasteiger partial charge in [-0.2, -0.15) is 0 Å². The maximum Gasteiger partial charge on any atom is 0.0444 e. The van der Waals surface area contributed by atoms with Crippen LogP contribution in [0, 0.1) is 0 Å². The van der Waals surface area contributed by atoms with E-state index in [1.54, 1.807) is 0 Å². The minimum atomic E-state index is -1.59. The number of nitrogens with one attached hydrogen (secondary N) is 1. The summed E-state index contributed by atoms with van der Waals surface area (Å²) in [5.41, 5.74) is -0.137. The van der Waals surface area contributed by atoms with Crippen LogP contribution in [0.25, 0.3) is 0 Å². The lowest BCUT2D eigenvalue weighted by Crippen LogP contribution is -2.51. The van der Waals surface area contributed by atoms with Crippen LogP contribution in [0.2, 0.25) is 0 Å². The molecular weight excluding hydrogens is 124 g/mol. The van der Waals surface area contributed by atoms with Crippen LogP contribution in [0.15, 0.2) is 0 Å². The maximum atomic E-state index is 7.78. The highest BCUT2D eigenvalue weighted by atomic mass is 15.2. The Kier molecular flexibility index (Phi) is 1.37. The predicted octanol–water partition coefficient (Wildman–Crippen LogP) is 0.690. The molecule has 1 rings (SSSR count). The molecule has 60 valence electrons. The second-order valence-electron chi connectivity index (χ2n) is 3.56. The van der Waals surface area contributed by atoms with Crippen molar-refractivity contribution in [2.45, 2.75) is 26.3 Å². The van der Waals surface area contributed by atoms with Gasteiger partial charge in [-0.1, -0.05) is 0 Å². The molecule has 2 nitrogen and oxygen atoms in total. The molecule has 0 saturated carbocycles. The van der Waals surface area contributed by atoms with Crippen molar-refractivity contribution in [3.63, 3.8) is 0 Å². The van der Waals surface area contributed by atoms with Gasteiger partial charge in [-0.15, -0.1) is 0 Å². The normalized spacial score (nSPS) is 39.9. The number of hydrogen-bond donors (Lipinski definition) is 1. The molecule has 0 aliphatic carbocycles. The Hall–Kier alpha value is -0.0800. The molecule has 1 unspecified atom stereocenters. The summed E-state index contributed by atoms with van der Waals surface area (Å²) in [6.45, 7) is 4.96. The van der Waals surface area contributed by atoms with E-state index in [9.17, 15) is 0 Å². The molecule has 0 spiro atoms. The first-order valence-electron chi connectivity index (χ1n) is 5.27. The molecule has 1 heterocycles. The van der Waals surface area contributed by atoms with Gasteiger partial charge in [0.15, 0.2) is 0 Å². The van der Waals surface area contributed by atoms with Gasteiger partial charge in [0, 0.05) is 35.8 Å². The van der Waals surface area contributed by atoms with Crippen molar-refractivity contribution in [1.82, 2.24) is 10.2 Å². The molecule has 1 atom stereocenters. The summed E-state index contributed by atoms with van der Waals surface area (Å²) in [6.07, 6.45) is 0. The van der Waals surface area contributed by atoms with Crippen molar-refractivity contribution >= 4 is 0 Å². The smallest absolute Gasteiger partial charge is 0.0444 e. The van der Waals surface area contributed by atoms with Crippen molar-refractivity contribution < 1.29 is 4.11 Å². The standard InChI is InChI=1S/C8H18N2/c1-8(2,3)10-6-4-9-5-7-10/h9H,4-7H2,1-3H3/i4D2,6D. The van der Waals surface area contributed by atoms with Crippen LogP contribution in [0.3, 0.4) is 0 Å². The zero-order valence-electron chi connectivity index (χ0n) is 9.94. The fourth-order valence-electron chi connectivity index (χ4n) is 0.966. The lowest BCUT2D eigenvalue weighted by atomic mass is 10.1. The summed E-state index contributed by atoms with van der Waals surface area (Å²) in [6, 6.07) is 0. The molecule has 0 aromatic carbocycles. The van der Waals surface area contributed by atoms with Gasteiger partial charge in [0.2, 0.25) is 0 Å². The Morgan fingerprint density at radius 2 is 2.20 bits per heavy atom. The van der Waals surface area contributed by atoms with Gasteiger partial charge in [0.1, 0.15) is 0 Å². The van der Waals surface area contributed by atoms with Crippen LogP contribution in [0.4, 0.5) is 0 Å². The molecule has 1 fully saturated rings. The monoisotopic (exact) mass is 145 g/mol.